The van der Waals surface area contributed by atoms with Gasteiger partial charge in [-0.25, -0.2) is 13.4 Å². The number of halogens is 2. The quantitative estimate of drug-likeness (QED) is 0.802. The van der Waals surface area contributed by atoms with E-state index >= 15 is 0 Å². The summed E-state index contributed by atoms with van der Waals surface area (Å²) in [4.78, 5) is 4.51. The van der Waals surface area contributed by atoms with Gasteiger partial charge in [0.2, 0.25) is 0 Å². The summed E-state index contributed by atoms with van der Waals surface area (Å²) in [5.41, 5.74) is 0.653. The minimum atomic E-state index is -3.66. The number of anilines is 1. The molecule has 8 heteroatoms. The molecule has 0 spiro atoms. The topological polar surface area (TPSA) is 59.1 Å². The second kappa shape index (κ2) is 5.87. The number of aromatic nitrogens is 1. The number of hydrogen-bond donors (Lipinski definition) is 1. The number of hydrogen-bond acceptors (Lipinski definition) is 4. The average Bonchev–Trinajstić information content (AvgIpc) is 2.69. The Labute approximate surface area is 141 Å². The Morgan fingerprint density at radius 3 is 2.29 bits per heavy atom. The average molecular weight is 410 g/mol. The molecular weight excluding hydrogens is 396 g/mol. The molecule has 0 saturated carbocycles. The van der Waals surface area contributed by atoms with Gasteiger partial charge in [0.25, 0.3) is 10.0 Å². The highest BCUT2D eigenvalue weighted by molar-refractivity contribution is 9.11. The highest BCUT2D eigenvalue weighted by atomic mass is 79.9. The van der Waals surface area contributed by atoms with Gasteiger partial charge in [0, 0.05) is 10.4 Å². The van der Waals surface area contributed by atoms with Gasteiger partial charge >= 0.3 is 0 Å². The first kappa shape index (κ1) is 16.7. The van der Waals surface area contributed by atoms with Crippen molar-refractivity contribution >= 4 is 54.0 Å². The second-order valence-corrected chi connectivity index (χ2v) is 9.89. The van der Waals surface area contributed by atoms with Crippen molar-refractivity contribution in [2.45, 2.75) is 31.1 Å². The molecule has 0 bridgehead atoms. The van der Waals surface area contributed by atoms with E-state index in [4.69, 9.17) is 11.6 Å². The van der Waals surface area contributed by atoms with Crippen molar-refractivity contribution < 1.29 is 8.42 Å². The van der Waals surface area contributed by atoms with Crippen LogP contribution in [0.25, 0.3) is 0 Å². The Morgan fingerprint density at radius 1 is 1.24 bits per heavy atom. The number of thiazole rings is 1. The van der Waals surface area contributed by atoms with Gasteiger partial charge in [-0.15, -0.1) is 0 Å². The number of benzene rings is 1. The third-order valence-electron chi connectivity index (χ3n) is 2.64. The van der Waals surface area contributed by atoms with Crippen molar-refractivity contribution in [1.82, 2.24) is 4.98 Å². The van der Waals surface area contributed by atoms with Crippen molar-refractivity contribution in [3.8, 4) is 0 Å². The van der Waals surface area contributed by atoms with Crippen LogP contribution >= 0.6 is 38.9 Å². The maximum Gasteiger partial charge on any atom is 0.263 e. The predicted octanol–water partition coefficient (Wildman–Crippen LogP) is 4.66. The molecule has 0 unspecified atom stereocenters. The molecule has 1 aromatic carbocycles. The third kappa shape index (κ3) is 3.97. The normalized spacial score (nSPS) is 12.4. The van der Waals surface area contributed by atoms with Crippen LogP contribution in [0.3, 0.4) is 0 Å². The van der Waals surface area contributed by atoms with Gasteiger partial charge in [-0.2, -0.15) is 0 Å². The van der Waals surface area contributed by atoms with E-state index in [0.717, 1.165) is 9.48 Å². The lowest BCUT2D eigenvalue weighted by Crippen LogP contribution is -2.15. The first-order valence-electron chi connectivity index (χ1n) is 6.05. The SMILES string of the molecule is CC(C)(C)c1nc(NS(=O)(=O)c2ccc(Cl)cc2)sc1Br. The van der Waals surface area contributed by atoms with Crippen LogP contribution in [0.2, 0.25) is 5.02 Å². The van der Waals surface area contributed by atoms with Crippen molar-refractivity contribution in [3.63, 3.8) is 0 Å². The summed E-state index contributed by atoms with van der Waals surface area (Å²) >= 11 is 10.4. The zero-order valence-electron chi connectivity index (χ0n) is 11.6. The Bertz CT molecular complexity index is 749. The van der Waals surface area contributed by atoms with E-state index in [1.54, 1.807) is 0 Å². The zero-order valence-corrected chi connectivity index (χ0v) is 15.6. The Morgan fingerprint density at radius 2 is 1.81 bits per heavy atom. The third-order valence-corrected chi connectivity index (χ3v) is 6.00. The van der Waals surface area contributed by atoms with Gasteiger partial charge in [-0.3, -0.25) is 4.72 Å². The maximum atomic E-state index is 12.3. The van der Waals surface area contributed by atoms with E-state index in [0.29, 0.717) is 10.2 Å². The van der Waals surface area contributed by atoms with Gasteiger partial charge in [0.1, 0.15) is 0 Å². The van der Waals surface area contributed by atoms with Gasteiger partial charge in [-0.05, 0) is 40.2 Å². The minimum absolute atomic E-state index is 0.149. The number of rotatable bonds is 3. The fourth-order valence-electron chi connectivity index (χ4n) is 1.60. The largest absolute Gasteiger partial charge is 0.263 e. The molecule has 0 aliphatic heterocycles. The molecule has 2 rings (SSSR count). The lowest BCUT2D eigenvalue weighted by Gasteiger charge is -2.15. The molecule has 2 aromatic rings. The highest BCUT2D eigenvalue weighted by Gasteiger charge is 2.24. The van der Waals surface area contributed by atoms with Crippen LogP contribution in [-0.4, -0.2) is 13.4 Å². The van der Waals surface area contributed by atoms with E-state index in [1.165, 1.54) is 35.6 Å². The van der Waals surface area contributed by atoms with Crippen LogP contribution in [0.4, 0.5) is 5.13 Å². The van der Waals surface area contributed by atoms with Crippen LogP contribution in [0.5, 0.6) is 0 Å². The fourth-order valence-corrected chi connectivity index (χ4v) is 5.00. The van der Waals surface area contributed by atoms with Crippen molar-refractivity contribution in [2.75, 3.05) is 4.72 Å². The summed E-state index contributed by atoms with van der Waals surface area (Å²) in [6, 6.07) is 5.99. The summed E-state index contributed by atoms with van der Waals surface area (Å²) in [7, 11) is -3.66. The molecule has 1 N–H and O–H groups in total. The molecule has 0 aliphatic carbocycles. The van der Waals surface area contributed by atoms with Crippen molar-refractivity contribution in [1.29, 1.82) is 0 Å². The molecule has 0 radical (unpaired) electrons. The van der Waals surface area contributed by atoms with E-state index in [2.05, 4.69) is 25.6 Å². The van der Waals surface area contributed by atoms with Gasteiger partial charge in [-0.1, -0.05) is 43.7 Å². The molecule has 21 heavy (non-hydrogen) atoms. The van der Waals surface area contributed by atoms with Crippen LogP contribution in [0.15, 0.2) is 32.9 Å². The molecule has 0 atom stereocenters. The molecule has 0 aliphatic rings. The molecule has 0 amide bonds. The molecule has 1 heterocycles. The van der Waals surface area contributed by atoms with E-state index < -0.39 is 10.0 Å². The van der Waals surface area contributed by atoms with Gasteiger partial charge in [0.15, 0.2) is 5.13 Å². The standard InChI is InChI=1S/C13H14BrClN2O2S2/c1-13(2,3)10-11(14)20-12(16-10)17-21(18,19)9-6-4-8(15)5-7-9/h4-7H,1-3H3,(H,16,17). The Kier molecular flexibility index (Phi) is 4.68. The fraction of sp³-hybridized carbons (Fsp3) is 0.308. The highest BCUT2D eigenvalue weighted by Crippen LogP contribution is 2.36. The molecule has 114 valence electrons. The van der Waals surface area contributed by atoms with E-state index in [9.17, 15) is 8.42 Å². The maximum absolute atomic E-state index is 12.3. The van der Waals surface area contributed by atoms with Crippen LogP contribution < -0.4 is 4.72 Å². The summed E-state index contributed by atoms with van der Waals surface area (Å²) < 4.78 is 27.9. The summed E-state index contributed by atoms with van der Waals surface area (Å²) in [5, 5.41) is 0.822. The summed E-state index contributed by atoms with van der Waals surface area (Å²) in [5.74, 6) is 0. The summed E-state index contributed by atoms with van der Waals surface area (Å²) in [6.07, 6.45) is 0. The van der Waals surface area contributed by atoms with Crippen molar-refractivity contribution in [3.05, 3.63) is 38.8 Å². The lowest BCUT2D eigenvalue weighted by atomic mass is 9.93. The van der Waals surface area contributed by atoms with E-state index in [1.807, 2.05) is 20.8 Å². The number of sulfonamides is 1. The molecular formula is C13H14BrClN2O2S2. The second-order valence-electron chi connectivity index (χ2n) is 5.45. The number of nitrogens with one attached hydrogen (secondary N) is 1. The van der Waals surface area contributed by atoms with Crippen LogP contribution in [-0.2, 0) is 15.4 Å². The summed E-state index contributed by atoms with van der Waals surface area (Å²) in [6.45, 7) is 6.05. The van der Waals surface area contributed by atoms with Crippen LogP contribution in [0.1, 0.15) is 26.5 Å². The van der Waals surface area contributed by atoms with Crippen LogP contribution in [0, 0.1) is 0 Å². The van der Waals surface area contributed by atoms with Crippen molar-refractivity contribution in [2.24, 2.45) is 0 Å². The molecule has 1 aromatic heterocycles. The molecule has 0 saturated heterocycles. The monoisotopic (exact) mass is 408 g/mol. The molecule has 0 fully saturated rings. The lowest BCUT2D eigenvalue weighted by molar-refractivity contribution is 0.570. The zero-order chi connectivity index (χ0) is 15.8. The van der Waals surface area contributed by atoms with Gasteiger partial charge < -0.3 is 0 Å². The first-order valence-corrected chi connectivity index (χ1v) is 9.52. The molecule has 4 nitrogen and oxygen atoms in total. The smallest absolute Gasteiger partial charge is 0.255 e. The first-order chi connectivity index (χ1) is 9.59. The Hall–Kier alpha value is -0.630. The predicted molar refractivity (Wildman–Crippen MR) is 90.8 cm³/mol. The number of nitrogens with zero attached hydrogens (tertiary/aromatic N) is 1. The Balaban J connectivity index is 2.31. The van der Waals surface area contributed by atoms with Gasteiger partial charge in [0.05, 0.1) is 14.4 Å². The minimum Gasteiger partial charge on any atom is -0.255 e. The van der Waals surface area contributed by atoms with E-state index in [-0.39, 0.29) is 10.3 Å².